The predicted molar refractivity (Wildman–Crippen MR) is 71.2 cm³/mol. The van der Waals surface area contributed by atoms with Gasteiger partial charge in [0.2, 0.25) is 0 Å². The fraction of sp³-hybridized carbons (Fsp3) is 0.154. The molecule has 1 N–H and O–H groups in total. The molecule has 0 saturated carbocycles. The molecule has 1 aromatic carbocycles. The number of carbonyl (C=O) groups is 1. The summed E-state index contributed by atoms with van der Waals surface area (Å²) in [5.41, 5.74) is 2.20. The number of fused-ring (bicyclic) bond motifs is 1. The quantitative estimate of drug-likeness (QED) is 0.882. The number of nitrogens with zero attached hydrogens (tertiary/aromatic N) is 1. The van der Waals surface area contributed by atoms with Gasteiger partial charge < -0.3 is 9.67 Å². The van der Waals surface area contributed by atoms with Crippen LogP contribution in [0.2, 0.25) is 0 Å². The van der Waals surface area contributed by atoms with Crippen LogP contribution in [0.15, 0.2) is 40.9 Å². The standard InChI is InChI=1S/C13H12BrNO2/c1-9-13(14)10-5-2-3-6-11(10)15(9)8-4-7-12(16)17/h2-7H,8H2,1H3,(H,16,17)/b7-4+. The van der Waals surface area contributed by atoms with Crippen LogP contribution >= 0.6 is 15.9 Å². The highest BCUT2D eigenvalue weighted by molar-refractivity contribution is 9.10. The lowest BCUT2D eigenvalue weighted by Crippen LogP contribution is -1.98. The summed E-state index contributed by atoms with van der Waals surface area (Å²) in [5, 5.41) is 9.72. The minimum absolute atomic E-state index is 0.560. The number of para-hydroxylation sites is 1. The third-order valence-electron chi connectivity index (χ3n) is 2.70. The first kappa shape index (κ1) is 11.9. The Labute approximate surface area is 107 Å². The molecule has 0 amide bonds. The topological polar surface area (TPSA) is 42.2 Å². The van der Waals surface area contributed by atoms with Gasteiger partial charge in [-0.1, -0.05) is 24.3 Å². The molecule has 0 aliphatic heterocycles. The summed E-state index contributed by atoms with van der Waals surface area (Å²) in [6.07, 6.45) is 2.82. The van der Waals surface area contributed by atoms with E-state index in [9.17, 15) is 4.79 Å². The lowest BCUT2D eigenvalue weighted by atomic mass is 10.2. The maximum atomic E-state index is 10.4. The van der Waals surface area contributed by atoms with E-state index in [1.807, 2.05) is 31.2 Å². The molecule has 4 heteroatoms. The van der Waals surface area contributed by atoms with E-state index in [1.165, 1.54) is 6.08 Å². The van der Waals surface area contributed by atoms with E-state index in [0.29, 0.717) is 6.54 Å². The summed E-state index contributed by atoms with van der Waals surface area (Å²) in [4.78, 5) is 10.4. The third-order valence-corrected chi connectivity index (χ3v) is 3.70. The number of hydrogen-bond donors (Lipinski definition) is 1. The van der Waals surface area contributed by atoms with Crippen molar-refractivity contribution in [1.82, 2.24) is 4.57 Å². The summed E-state index contributed by atoms with van der Waals surface area (Å²) in [6, 6.07) is 8.04. The van der Waals surface area contributed by atoms with Gasteiger partial charge in [0.15, 0.2) is 0 Å². The highest BCUT2D eigenvalue weighted by Crippen LogP contribution is 2.30. The average molecular weight is 294 g/mol. The summed E-state index contributed by atoms with van der Waals surface area (Å²) in [6.45, 7) is 2.57. The number of carboxylic acid groups (broad SMARTS) is 1. The second-order valence-electron chi connectivity index (χ2n) is 3.77. The summed E-state index contributed by atoms with van der Waals surface area (Å²) in [7, 11) is 0. The minimum Gasteiger partial charge on any atom is -0.478 e. The predicted octanol–water partition coefficient (Wildman–Crippen LogP) is 3.35. The summed E-state index contributed by atoms with van der Waals surface area (Å²) >= 11 is 3.56. The zero-order valence-corrected chi connectivity index (χ0v) is 10.9. The van der Waals surface area contributed by atoms with E-state index in [2.05, 4.69) is 20.5 Å². The van der Waals surface area contributed by atoms with Gasteiger partial charge in [0.1, 0.15) is 0 Å². The molecule has 0 bridgehead atoms. The zero-order valence-electron chi connectivity index (χ0n) is 9.35. The van der Waals surface area contributed by atoms with Gasteiger partial charge in [0, 0.05) is 33.7 Å². The Morgan fingerprint density at radius 2 is 2.18 bits per heavy atom. The molecule has 3 nitrogen and oxygen atoms in total. The fourth-order valence-electron chi connectivity index (χ4n) is 1.88. The smallest absolute Gasteiger partial charge is 0.328 e. The highest BCUT2D eigenvalue weighted by atomic mass is 79.9. The molecule has 0 unspecified atom stereocenters. The van der Waals surface area contributed by atoms with Crippen molar-refractivity contribution in [3.8, 4) is 0 Å². The molecule has 17 heavy (non-hydrogen) atoms. The van der Waals surface area contributed by atoms with E-state index in [1.54, 1.807) is 6.08 Å². The van der Waals surface area contributed by atoms with E-state index in [4.69, 9.17) is 5.11 Å². The van der Waals surface area contributed by atoms with Crippen LogP contribution < -0.4 is 0 Å². The number of rotatable bonds is 3. The molecule has 0 spiro atoms. The lowest BCUT2D eigenvalue weighted by Gasteiger charge is -2.03. The van der Waals surface area contributed by atoms with Crippen molar-refractivity contribution in [3.05, 3.63) is 46.6 Å². The first-order chi connectivity index (χ1) is 8.11. The Kier molecular flexibility index (Phi) is 3.33. The third kappa shape index (κ3) is 2.26. The van der Waals surface area contributed by atoms with Crippen LogP contribution in [-0.4, -0.2) is 15.6 Å². The first-order valence-corrected chi connectivity index (χ1v) is 6.03. The maximum absolute atomic E-state index is 10.4. The number of halogens is 1. The van der Waals surface area contributed by atoms with E-state index >= 15 is 0 Å². The first-order valence-electron chi connectivity index (χ1n) is 5.24. The number of aromatic nitrogens is 1. The second kappa shape index (κ2) is 4.75. The molecule has 1 heterocycles. The van der Waals surface area contributed by atoms with Crippen molar-refractivity contribution in [2.24, 2.45) is 0 Å². The Hall–Kier alpha value is -1.55. The normalized spacial score (nSPS) is 11.4. The van der Waals surface area contributed by atoms with Gasteiger partial charge in [-0.3, -0.25) is 0 Å². The zero-order chi connectivity index (χ0) is 12.4. The van der Waals surface area contributed by atoms with Gasteiger partial charge in [0.05, 0.1) is 0 Å². The van der Waals surface area contributed by atoms with Gasteiger partial charge >= 0.3 is 5.97 Å². The number of benzene rings is 1. The van der Waals surface area contributed by atoms with Crippen molar-refractivity contribution < 1.29 is 9.90 Å². The molecule has 0 fully saturated rings. The second-order valence-corrected chi connectivity index (χ2v) is 4.56. The summed E-state index contributed by atoms with van der Waals surface area (Å²) < 4.78 is 3.15. The SMILES string of the molecule is Cc1c(Br)c2ccccc2n1C/C=C/C(=O)O. The lowest BCUT2D eigenvalue weighted by molar-refractivity contribution is -0.131. The van der Waals surface area contributed by atoms with Crippen LogP contribution in [0.5, 0.6) is 0 Å². The Balaban J connectivity index is 2.46. The molecule has 0 radical (unpaired) electrons. The molecule has 0 atom stereocenters. The largest absolute Gasteiger partial charge is 0.478 e. The van der Waals surface area contributed by atoms with Crippen LogP contribution in [-0.2, 0) is 11.3 Å². The van der Waals surface area contributed by atoms with Crippen molar-refractivity contribution in [1.29, 1.82) is 0 Å². The van der Waals surface area contributed by atoms with Crippen LogP contribution in [0.25, 0.3) is 10.9 Å². The Morgan fingerprint density at radius 3 is 2.88 bits per heavy atom. The van der Waals surface area contributed by atoms with Crippen LogP contribution in [0.4, 0.5) is 0 Å². The van der Waals surface area contributed by atoms with Crippen molar-refractivity contribution in [2.75, 3.05) is 0 Å². The Bertz CT molecular complexity index is 599. The van der Waals surface area contributed by atoms with Crippen molar-refractivity contribution in [2.45, 2.75) is 13.5 Å². The van der Waals surface area contributed by atoms with Gasteiger partial charge in [0.25, 0.3) is 0 Å². The van der Waals surface area contributed by atoms with Gasteiger partial charge in [-0.25, -0.2) is 4.79 Å². The minimum atomic E-state index is -0.918. The van der Waals surface area contributed by atoms with E-state index in [0.717, 1.165) is 21.1 Å². The molecular formula is C13H12BrNO2. The van der Waals surface area contributed by atoms with Gasteiger partial charge in [-0.2, -0.15) is 0 Å². The number of aliphatic carboxylic acids is 1. The molecule has 88 valence electrons. The highest BCUT2D eigenvalue weighted by Gasteiger charge is 2.09. The Morgan fingerprint density at radius 1 is 1.47 bits per heavy atom. The van der Waals surface area contributed by atoms with E-state index < -0.39 is 5.97 Å². The van der Waals surface area contributed by atoms with Crippen molar-refractivity contribution in [3.63, 3.8) is 0 Å². The average Bonchev–Trinajstić information content (AvgIpc) is 2.54. The number of allylic oxidation sites excluding steroid dienone is 1. The fourth-order valence-corrected chi connectivity index (χ4v) is 2.43. The van der Waals surface area contributed by atoms with Gasteiger partial charge in [-0.15, -0.1) is 0 Å². The number of carboxylic acids is 1. The molecule has 1 aromatic heterocycles. The molecule has 0 saturated heterocycles. The molecule has 2 rings (SSSR count). The van der Waals surface area contributed by atoms with E-state index in [-0.39, 0.29) is 0 Å². The van der Waals surface area contributed by atoms with Crippen molar-refractivity contribution >= 4 is 32.8 Å². The molecule has 0 aliphatic rings. The van der Waals surface area contributed by atoms with Crippen LogP contribution in [0, 0.1) is 6.92 Å². The monoisotopic (exact) mass is 293 g/mol. The molecular weight excluding hydrogens is 282 g/mol. The molecule has 0 aliphatic carbocycles. The van der Waals surface area contributed by atoms with Crippen LogP contribution in [0.1, 0.15) is 5.69 Å². The molecule has 2 aromatic rings. The maximum Gasteiger partial charge on any atom is 0.328 e. The van der Waals surface area contributed by atoms with Gasteiger partial charge in [-0.05, 0) is 28.9 Å². The number of hydrogen-bond acceptors (Lipinski definition) is 1. The van der Waals surface area contributed by atoms with Crippen LogP contribution in [0.3, 0.4) is 0 Å². The summed E-state index contributed by atoms with van der Waals surface area (Å²) in [5.74, 6) is -0.918.